The monoisotopic (exact) mass is 793 g/mol. The zero-order valence-electron chi connectivity index (χ0n) is 33.7. The van der Waals surface area contributed by atoms with Crippen LogP contribution in [0.3, 0.4) is 0 Å². The number of carbonyl (C=O) groups excluding carboxylic acids is 2. The number of esters is 1. The van der Waals surface area contributed by atoms with Crippen molar-refractivity contribution in [1.82, 2.24) is 5.32 Å². The zero-order valence-corrected chi connectivity index (χ0v) is 33.7. The molecule has 0 aliphatic heterocycles. The second-order valence-corrected chi connectivity index (χ2v) is 12.5. The third kappa shape index (κ3) is 33.2. The van der Waals surface area contributed by atoms with Crippen LogP contribution < -0.4 is 10.1 Å². The van der Waals surface area contributed by atoms with Crippen molar-refractivity contribution in [2.24, 2.45) is 0 Å². The Balaban J connectivity index is 1.83. The summed E-state index contributed by atoms with van der Waals surface area (Å²) in [5.41, 5.74) is 0.135. The summed E-state index contributed by atoms with van der Waals surface area (Å²) >= 11 is 0. The van der Waals surface area contributed by atoms with Crippen molar-refractivity contribution in [3.8, 4) is 5.75 Å². The fourth-order valence-electron chi connectivity index (χ4n) is 4.18. The fourth-order valence-corrected chi connectivity index (χ4v) is 4.18. The highest BCUT2D eigenvalue weighted by atomic mass is 16.6. The summed E-state index contributed by atoms with van der Waals surface area (Å²) in [4.78, 5) is 24.3. The molecule has 0 bridgehead atoms. The molecule has 0 saturated carbocycles. The molecule has 0 aliphatic carbocycles. The van der Waals surface area contributed by atoms with E-state index >= 15 is 0 Å². The highest BCUT2D eigenvalue weighted by molar-refractivity contribution is 5.81. The van der Waals surface area contributed by atoms with Crippen molar-refractivity contribution in [3.05, 3.63) is 29.8 Å². The molecule has 0 aromatic heterocycles. The first-order valence-electron chi connectivity index (χ1n) is 18.8. The minimum absolute atomic E-state index is 0.240. The lowest BCUT2D eigenvalue weighted by molar-refractivity contribution is -0.143. The molecule has 0 unspecified atom stereocenters. The Morgan fingerprint density at radius 3 is 1.15 bits per heavy atom. The topological polar surface area (TPSA) is 175 Å². The Morgan fingerprint density at radius 1 is 0.509 bits per heavy atom. The molecule has 1 rings (SSSR count). The van der Waals surface area contributed by atoms with Gasteiger partial charge >= 0.3 is 12.1 Å². The molecule has 0 aliphatic rings. The quantitative estimate of drug-likeness (QED) is 0.0763. The number of benzene rings is 1. The number of nitrogens with one attached hydrogen (secondary N) is 1. The summed E-state index contributed by atoms with van der Waals surface area (Å²) in [6, 6.07) is 6.34. The van der Waals surface area contributed by atoms with Gasteiger partial charge in [-0.2, -0.15) is 0 Å². The van der Waals surface area contributed by atoms with Gasteiger partial charge < -0.3 is 71.6 Å². The minimum atomic E-state index is -0.881. The van der Waals surface area contributed by atoms with E-state index in [2.05, 4.69) is 5.32 Å². The summed E-state index contributed by atoms with van der Waals surface area (Å²) in [7, 11) is 2.91. The molecule has 17 heteroatoms. The Hall–Kier alpha value is -2.68. The lowest BCUT2D eigenvalue weighted by atomic mass is 10.1. The molecule has 0 spiro atoms. The first-order chi connectivity index (χ1) is 26.7. The number of rotatable bonds is 38. The van der Waals surface area contributed by atoms with Crippen LogP contribution in [0, 0.1) is 0 Å². The molecule has 1 amide bonds. The van der Waals surface area contributed by atoms with Gasteiger partial charge in [-0.25, -0.2) is 9.59 Å². The maximum atomic E-state index is 12.2. The maximum Gasteiger partial charge on any atom is 0.408 e. The van der Waals surface area contributed by atoms with E-state index in [9.17, 15) is 9.59 Å². The lowest BCUT2D eigenvalue weighted by Crippen LogP contribution is -2.45. The van der Waals surface area contributed by atoms with E-state index < -0.39 is 23.7 Å². The molecule has 1 aromatic carbocycles. The average molecular weight is 794 g/mol. The van der Waals surface area contributed by atoms with Crippen LogP contribution in [0.4, 0.5) is 4.79 Å². The number of amides is 1. The van der Waals surface area contributed by atoms with E-state index in [4.69, 9.17) is 66.3 Å². The van der Waals surface area contributed by atoms with E-state index in [0.717, 1.165) is 5.56 Å². The second kappa shape index (κ2) is 35.7. The highest BCUT2D eigenvalue weighted by Crippen LogP contribution is 2.15. The Kier molecular flexibility index (Phi) is 32.7. The molecule has 320 valence electrons. The van der Waals surface area contributed by atoms with Gasteiger partial charge in [0.25, 0.3) is 0 Å². The van der Waals surface area contributed by atoms with Crippen molar-refractivity contribution in [1.29, 1.82) is 0 Å². The molecule has 0 saturated heterocycles. The minimum Gasteiger partial charge on any atom is -0.491 e. The van der Waals surface area contributed by atoms with E-state index in [0.29, 0.717) is 151 Å². The third-order valence-electron chi connectivity index (χ3n) is 6.82. The summed E-state index contributed by atoms with van der Waals surface area (Å²) < 4.78 is 75.3. The molecule has 55 heavy (non-hydrogen) atoms. The van der Waals surface area contributed by atoms with Gasteiger partial charge in [0.05, 0.1) is 146 Å². The summed E-state index contributed by atoms with van der Waals surface area (Å²) in [6.07, 6.45) is -0.447. The van der Waals surface area contributed by atoms with Crippen LogP contribution in [-0.2, 0) is 72.8 Å². The second-order valence-electron chi connectivity index (χ2n) is 12.5. The summed E-state index contributed by atoms with van der Waals surface area (Å²) in [5.74, 6) is 0.0954. The van der Waals surface area contributed by atoms with E-state index in [1.807, 2.05) is 12.1 Å². The molecule has 1 N–H and O–H groups in total. The molecule has 0 fully saturated rings. The van der Waals surface area contributed by atoms with Gasteiger partial charge in [-0.3, -0.25) is 0 Å². The largest absolute Gasteiger partial charge is 0.491 e. The summed E-state index contributed by atoms with van der Waals surface area (Å²) in [5, 5.41) is 2.57. The lowest BCUT2D eigenvalue weighted by Gasteiger charge is -2.22. The van der Waals surface area contributed by atoms with E-state index in [1.54, 1.807) is 40.0 Å². The van der Waals surface area contributed by atoms with Crippen LogP contribution >= 0.6 is 0 Å². The van der Waals surface area contributed by atoms with Gasteiger partial charge in [-0.1, -0.05) is 12.1 Å². The first kappa shape index (κ1) is 50.3. The standard InChI is InChI=1S/C38H67NO16/c1-38(2,3)55-37(41)39-35(36(40)43-5)32-33-6-8-34(9-7-33)54-31-30-53-29-28-52-27-26-51-25-24-50-23-22-49-21-20-48-19-18-47-17-16-46-15-14-45-13-12-44-11-10-42-4/h6-9,35H,10-32H2,1-5H3,(H,39,41)/t35-/m0/s1. The number of ether oxygens (including phenoxy) is 14. The summed E-state index contributed by atoms with van der Waals surface area (Å²) in [6.45, 7) is 16.0. The van der Waals surface area contributed by atoms with Gasteiger partial charge in [0.2, 0.25) is 0 Å². The zero-order chi connectivity index (χ0) is 40.1. The van der Waals surface area contributed by atoms with Crippen LogP contribution in [0.15, 0.2) is 24.3 Å². The Bertz CT molecular complexity index is 1030. The predicted octanol–water partition coefficient (Wildman–Crippen LogP) is 2.49. The van der Waals surface area contributed by atoms with Gasteiger partial charge in [0.1, 0.15) is 24.0 Å². The van der Waals surface area contributed by atoms with Crippen molar-refractivity contribution >= 4 is 12.1 Å². The van der Waals surface area contributed by atoms with Crippen LogP contribution in [-0.4, -0.2) is 183 Å². The van der Waals surface area contributed by atoms with E-state index in [1.165, 1.54) is 7.11 Å². The van der Waals surface area contributed by atoms with Crippen LogP contribution in [0.2, 0.25) is 0 Å². The Labute approximate surface area is 327 Å². The Morgan fingerprint density at radius 2 is 0.836 bits per heavy atom. The van der Waals surface area contributed by atoms with Gasteiger partial charge in [0, 0.05) is 13.5 Å². The first-order valence-corrected chi connectivity index (χ1v) is 18.8. The highest BCUT2D eigenvalue weighted by Gasteiger charge is 2.25. The molecule has 17 nitrogen and oxygen atoms in total. The van der Waals surface area contributed by atoms with Crippen molar-refractivity contribution in [3.63, 3.8) is 0 Å². The smallest absolute Gasteiger partial charge is 0.408 e. The predicted molar refractivity (Wildman–Crippen MR) is 201 cm³/mol. The van der Waals surface area contributed by atoms with Crippen LogP contribution in [0.25, 0.3) is 0 Å². The normalized spacial score (nSPS) is 12.1. The number of hydrogen-bond donors (Lipinski definition) is 1. The fraction of sp³-hybridized carbons (Fsp3) is 0.789. The number of alkyl carbamates (subject to hydrolysis) is 1. The number of hydrogen-bond acceptors (Lipinski definition) is 16. The van der Waals surface area contributed by atoms with Gasteiger partial charge in [-0.15, -0.1) is 0 Å². The van der Waals surface area contributed by atoms with Gasteiger partial charge in [0.15, 0.2) is 0 Å². The van der Waals surface area contributed by atoms with Gasteiger partial charge in [-0.05, 0) is 38.5 Å². The molecular weight excluding hydrogens is 726 g/mol. The van der Waals surface area contributed by atoms with E-state index in [-0.39, 0.29) is 6.42 Å². The molecule has 1 atom stereocenters. The number of methoxy groups -OCH3 is 2. The molecule has 1 aromatic rings. The average Bonchev–Trinajstić information content (AvgIpc) is 3.16. The molecule has 0 radical (unpaired) electrons. The van der Waals surface area contributed by atoms with Crippen molar-refractivity contribution in [2.45, 2.75) is 38.8 Å². The number of carbonyl (C=O) groups is 2. The van der Waals surface area contributed by atoms with Crippen molar-refractivity contribution in [2.75, 3.05) is 160 Å². The molecule has 0 heterocycles. The third-order valence-corrected chi connectivity index (χ3v) is 6.82. The molecular formula is C38H67NO16. The van der Waals surface area contributed by atoms with Crippen molar-refractivity contribution < 1.29 is 75.9 Å². The maximum absolute atomic E-state index is 12.2. The SMILES string of the molecule is COCCOCCOCCOCCOCCOCCOCCOCCOCCOCCOCCOc1ccc(C[C@H](NC(=O)OC(C)(C)C)C(=O)OC)cc1. The van der Waals surface area contributed by atoms with Crippen LogP contribution in [0.5, 0.6) is 5.75 Å². The van der Waals surface area contributed by atoms with Crippen LogP contribution in [0.1, 0.15) is 26.3 Å².